The molecule has 2 heteroatoms. The fourth-order valence-electron chi connectivity index (χ4n) is 3.14. The van der Waals surface area contributed by atoms with E-state index >= 15 is 0 Å². The number of carbonyl (C=O) groups excluding carboxylic acids is 1. The summed E-state index contributed by atoms with van der Waals surface area (Å²) in [4.78, 5) is 11.8. The Kier molecular flexibility index (Phi) is 1.80. The second-order valence-corrected chi connectivity index (χ2v) is 5.96. The minimum atomic E-state index is -0.224. The minimum Gasteiger partial charge on any atom is -0.299 e. The highest BCUT2D eigenvalue weighted by molar-refractivity contribution is 5.84. The third kappa shape index (κ3) is 1.19. The molecule has 0 N–H and O–H groups in total. The molecule has 2 fully saturated rings. The van der Waals surface area contributed by atoms with Gasteiger partial charge in [0.05, 0.1) is 11.5 Å². The molecule has 0 heterocycles. The molecule has 0 aliphatic heterocycles. The number of fused-ring (bicyclic) bond motifs is 1. The van der Waals surface area contributed by atoms with E-state index in [-0.39, 0.29) is 16.7 Å². The molecule has 0 bridgehead atoms. The van der Waals surface area contributed by atoms with Gasteiger partial charge in [-0.2, -0.15) is 5.26 Å². The fraction of sp³-hybridized carbons (Fsp3) is 0.833. The average Bonchev–Trinajstić information content (AvgIpc) is 2.07. The van der Waals surface area contributed by atoms with Gasteiger partial charge in [-0.3, -0.25) is 4.79 Å². The van der Waals surface area contributed by atoms with Crippen molar-refractivity contribution in [2.24, 2.45) is 22.7 Å². The number of nitrogens with zero attached hydrogens (tertiary/aromatic N) is 1. The first-order valence-electron chi connectivity index (χ1n) is 5.32. The summed E-state index contributed by atoms with van der Waals surface area (Å²) < 4.78 is 0. The molecule has 76 valence electrons. The van der Waals surface area contributed by atoms with Crippen LogP contribution >= 0.6 is 0 Å². The number of ketones is 1. The second-order valence-electron chi connectivity index (χ2n) is 5.96. The first kappa shape index (κ1) is 9.71. The normalized spacial score (nSPS) is 44.9. The van der Waals surface area contributed by atoms with Crippen LogP contribution in [0.2, 0.25) is 0 Å². The molecule has 0 aromatic rings. The van der Waals surface area contributed by atoms with Crippen molar-refractivity contribution in [1.29, 1.82) is 5.26 Å². The van der Waals surface area contributed by atoms with Crippen LogP contribution in [0.5, 0.6) is 0 Å². The van der Waals surface area contributed by atoms with Gasteiger partial charge in [-0.15, -0.1) is 0 Å². The lowest BCUT2D eigenvalue weighted by Gasteiger charge is -2.54. The molecule has 0 amide bonds. The highest BCUT2D eigenvalue weighted by atomic mass is 16.1. The largest absolute Gasteiger partial charge is 0.299 e. The van der Waals surface area contributed by atoms with Crippen molar-refractivity contribution in [3.05, 3.63) is 0 Å². The van der Waals surface area contributed by atoms with Gasteiger partial charge in [0.2, 0.25) is 0 Å². The second kappa shape index (κ2) is 2.59. The van der Waals surface area contributed by atoms with E-state index in [9.17, 15) is 4.79 Å². The maximum Gasteiger partial charge on any atom is 0.136 e. The van der Waals surface area contributed by atoms with Gasteiger partial charge in [0.15, 0.2) is 0 Å². The lowest BCUT2D eigenvalue weighted by Crippen LogP contribution is -2.54. The highest BCUT2D eigenvalue weighted by Gasteiger charge is 2.57. The predicted octanol–water partition coefficient (Wildman–Crippen LogP) is 2.54. The first-order chi connectivity index (χ1) is 6.38. The van der Waals surface area contributed by atoms with Crippen LogP contribution in [-0.4, -0.2) is 5.78 Å². The van der Waals surface area contributed by atoms with E-state index in [1.807, 2.05) is 6.92 Å². The monoisotopic (exact) mass is 191 g/mol. The van der Waals surface area contributed by atoms with Crippen LogP contribution in [-0.2, 0) is 4.79 Å². The molecule has 0 aromatic heterocycles. The minimum absolute atomic E-state index is 0.108. The van der Waals surface area contributed by atoms with E-state index in [2.05, 4.69) is 19.9 Å². The number of carbonyl (C=O) groups is 1. The zero-order chi connectivity index (χ0) is 10.6. The maximum atomic E-state index is 11.8. The SMILES string of the molecule is CC1(C)CC(=O)[C@@H]2CC(C)(C#N)[C@H]2C1. The maximum absolute atomic E-state index is 11.8. The molecule has 1 unspecified atom stereocenters. The molecular weight excluding hydrogens is 174 g/mol. The molecule has 2 nitrogen and oxygen atoms in total. The summed E-state index contributed by atoms with van der Waals surface area (Å²) in [6.07, 6.45) is 2.53. The van der Waals surface area contributed by atoms with Crippen LogP contribution in [0.25, 0.3) is 0 Å². The van der Waals surface area contributed by atoms with Crippen molar-refractivity contribution in [3.63, 3.8) is 0 Å². The van der Waals surface area contributed by atoms with E-state index < -0.39 is 0 Å². The van der Waals surface area contributed by atoms with Gasteiger partial charge < -0.3 is 0 Å². The Morgan fingerprint density at radius 2 is 2.00 bits per heavy atom. The van der Waals surface area contributed by atoms with E-state index in [4.69, 9.17) is 5.26 Å². The average molecular weight is 191 g/mol. The van der Waals surface area contributed by atoms with Gasteiger partial charge in [-0.1, -0.05) is 13.8 Å². The molecule has 2 rings (SSSR count). The number of hydrogen-bond acceptors (Lipinski definition) is 2. The number of hydrogen-bond donors (Lipinski definition) is 0. The fourth-order valence-corrected chi connectivity index (χ4v) is 3.14. The third-order valence-electron chi connectivity index (χ3n) is 4.04. The quantitative estimate of drug-likeness (QED) is 0.590. The summed E-state index contributed by atoms with van der Waals surface area (Å²) >= 11 is 0. The van der Waals surface area contributed by atoms with Crippen LogP contribution in [0.4, 0.5) is 0 Å². The molecule has 0 saturated heterocycles. The predicted molar refractivity (Wildman–Crippen MR) is 53.3 cm³/mol. The first-order valence-corrected chi connectivity index (χ1v) is 5.32. The molecule has 0 spiro atoms. The molecule has 14 heavy (non-hydrogen) atoms. The smallest absolute Gasteiger partial charge is 0.136 e. The number of rotatable bonds is 0. The van der Waals surface area contributed by atoms with Crippen LogP contribution in [0, 0.1) is 34.0 Å². The van der Waals surface area contributed by atoms with Crippen molar-refractivity contribution in [3.8, 4) is 6.07 Å². The van der Waals surface area contributed by atoms with Crippen molar-refractivity contribution in [1.82, 2.24) is 0 Å². The highest BCUT2D eigenvalue weighted by Crippen LogP contribution is 2.59. The summed E-state index contributed by atoms with van der Waals surface area (Å²) in [5, 5.41) is 9.08. The molecule has 0 radical (unpaired) electrons. The van der Waals surface area contributed by atoms with Gasteiger partial charge >= 0.3 is 0 Å². The van der Waals surface area contributed by atoms with Crippen LogP contribution in [0.3, 0.4) is 0 Å². The Labute approximate surface area is 85.3 Å². The van der Waals surface area contributed by atoms with E-state index in [1.54, 1.807) is 0 Å². The molecular formula is C12H17NO. The van der Waals surface area contributed by atoms with Crippen LogP contribution in [0.1, 0.15) is 40.0 Å². The summed E-state index contributed by atoms with van der Waals surface area (Å²) in [6, 6.07) is 2.38. The van der Waals surface area contributed by atoms with Gasteiger partial charge in [-0.25, -0.2) is 0 Å². The zero-order valence-electron chi connectivity index (χ0n) is 9.13. The van der Waals surface area contributed by atoms with Crippen LogP contribution in [0.15, 0.2) is 0 Å². The van der Waals surface area contributed by atoms with Gasteiger partial charge in [-0.05, 0) is 31.1 Å². The summed E-state index contributed by atoms with van der Waals surface area (Å²) in [6.45, 7) is 6.28. The van der Waals surface area contributed by atoms with Gasteiger partial charge in [0.1, 0.15) is 5.78 Å². The summed E-state index contributed by atoms with van der Waals surface area (Å²) in [5.41, 5.74) is -0.116. The Morgan fingerprint density at radius 1 is 1.36 bits per heavy atom. The summed E-state index contributed by atoms with van der Waals surface area (Å²) in [7, 11) is 0. The number of nitriles is 1. The van der Waals surface area contributed by atoms with Gasteiger partial charge in [0, 0.05) is 12.3 Å². The standard InChI is InChI=1S/C12H17NO/c1-11(2)5-9-8(10(14)6-11)4-12(9,3)7-13/h8-9H,4-6H2,1-3H3/t8-,9+,12?/m1/s1. The summed E-state index contributed by atoms with van der Waals surface area (Å²) in [5.74, 6) is 0.912. The molecule has 2 aliphatic rings. The van der Waals surface area contributed by atoms with Crippen molar-refractivity contribution in [2.75, 3.05) is 0 Å². The van der Waals surface area contributed by atoms with E-state index in [1.165, 1.54) is 0 Å². The topological polar surface area (TPSA) is 40.9 Å². The lowest BCUT2D eigenvalue weighted by atomic mass is 9.47. The van der Waals surface area contributed by atoms with Crippen molar-refractivity contribution in [2.45, 2.75) is 40.0 Å². The Bertz CT molecular complexity index is 326. The number of Topliss-reactive ketones (excluding diaryl/α,β-unsaturated/α-hetero) is 1. The Morgan fingerprint density at radius 3 is 2.57 bits per heavy atom. The van der Waals surface area contributed by atoms with E-state index in [0.717, 1.165) is 12.8 Å². The van der Waals surface area contributed by atoms with Crippen molar-refractivity contribution >= 4 is 5.78 Å². The molecule has 3 atom stereocenters. The molecule has 2 aliphatic carbocycles. The molecule has 0 aromatic carbocycles. The van der Waals surface area contributed by atoms with Crippen LogP contribution < -0.4 is 0 Å². The van der Waals surface area contributed by atoms with E-state index in [0.29, 0.717) is 18.1 Å². The molecule has 2 saturated carbocycles. The third-order valence-corrected chi connectivity index (χ3v) is 4.04. The Hall–Kier alpha value is -0.840. The van der Waals surface area contributed by atoms with Gasteiger partial charge in [0.25, 0.3) is 0 Å². The van der Waals surface area contributed by atoms with Crippen molar-refractivity contribution < 1.29 is 4.79 Å². The Balaban J connectivity index is 2.22. The zero-order valence-corrected chi connectivity index (χ0v) is 9.13. The lowest BCUT2D eigenvalue weighted by molar-refractivity contribution is -0.145.